The second-order valence-electron chi connectivity index (χ2n) is 8.88. The van der Waals surface area contributed by atoms with Crippen molar-refractivity contribution in [2.24, 2.45) is 5.92 Å². The second kappa shape index (κ2) is 9.20. The molecular formula is C29H29NO2. The number of ether oxygens (including phenoxy) is 1. The number of hydrogen-bond donors (Lipinski definition) is 1. The molecule has 0 aliphatic carbocycles. The first kappa shape index (κ1) is 20.8. The first-order valence-corrected chi connectivity index (χ1v) is 11.4. The number of nitrogens with zero attached hydrogens (tertiary/aromatic N) is 1. The lowest BCUT2D eigenvalue weighted by Gasteiger charge is -2.38. The fourth-order valence-corrected chi connectivity index (χ4v) is 5.51. The van der Waals surface area contributed by atoms with Crippen LogP contribution in [0.5, 0.6) is 5.75 Å². The smallest absolute Gasteiger partial charge is 0.118 e. The van der Waals surface area contributed by atoms with Gasteiger partial charge in [0.2, 0.25) is 0 Å². The number of methoxy groups -OCH3 is 1. The molecule has 2 heterocycles. The van der Waals surface area contributed by atoms with Crippen molar-refractivity contribution in [2.45, 2.75) is 43.5 Å². The van der Waals surface area contributed by atoms with E-state index >= 15 is 0 Å². The fraction of sp³-hybridized carbons (Fsp3) is 0.310. The topological polar surface area (TPSA) is 32.7 Å². The Balaban J connectivity index is 1.54. The lowest BCUT2D eigenvalue weighted by atomic mass is 9.82. The summed E-state index contributed by atoms with van der Waals surface area (Å²) in [5, 5.41) is 10.7. The van der Waals surface area contributed by atoms with Gasteiger partial charge < -0.3 is 9.84 Å². The first-order chi connectivity index (χ1) is 15.7. The Morgan fingerprint density at radius 2 is 1.53 bits per heavy atom. The third-order valence-corrected chi connectivity index (χ3v) is 6.96. The molecule has 3 nitrogen and oxygen atoms in total. The summed E-state index contributed by atoms with van der Waals surface area (Å²) >= 11 is 0. The van der Waals surface area contributed by atoms with Crippen molar-refractivity contribution in [1.29, 1.82) is 0 Å². The summed E-state index contributed by atoms with van der Waals surface area (Å²) in [7, 11) is 1.70. The Morgan fingerprint density at radius 3 is 2.22 bits per heavy atom. The third kappa shape index (κ3) is 4.17. The summed E-state index contributed by atoms with van der Waals surface area (Å²) < 4.78 is 5.39. The number of hydrogen-bond acceptors (Lipinski definition) is 3. The fourth-order valence-electron chi connectivity index (χ4n) is 5.51. The second-order valence-corrected chi connectivity index (χ2v) is 8.88. The Kier molecular flexibility index (Phi) is 5.99. The first-order valence-electron chi connectivity index (χ1n) is 11.4. The van der Waals surface area contributed by atoms with Gasteiger partial charge in [0.15, 0.2) is 0 Å². The van der Waals surface area contributed by atoms with Crippen LogP contribution in [-0.2, 0) is 6.54 Å². The van der Waals surface area contributed by atoms with Crippen LogP contribution >= 0.6 is 0 Å². The van der Waals surface area contributed by atoms with E-state index in [1.807, 2.05) is 30.3 Å². The van der Waals surface area contributed by atoms with Gasteiger partial charge in [0.05, 0.1) is 13.2 Å². The molecular weight excluding hydrogens is 394 g/mol. The van der Waals surface area contributed by atoms with Gasteiger partial charge in [-0.15, -0.1) is 0 Å². The van der Waals surface area contributed by atoms with Crippen LogP contribution in [0.25, 0.3) is 0 Å². The molecule has 1 N–H and O–H groups in total. The maximum atomic E-state index is 10.7. The van der Waals surface area contributed by atoms with E-state index in [1.165, 1.54) is 11.1 Å². The van der Waals surface area contributed by atoms with Crippen molar-refractivity contribution < 1.29 is 9.84 Å². The lowest BCUT2D eigenvalue weighted by molar-refractivity contribution is 0.0260. The van der Waals surface area contributed by atoms with E-state index in [1.54, 1.807) is 7.11 Å². The molecule has 0 aromatic heterocycles. The highest BCUT2D eigenvalue weighted by Gasteiger charge is 2.52. The summed E-state index contributed by atoms with van der Waals surface area (Å²) in [4.78, 5) is 2.60. The van der Waals surface area contributed by atoms with E-state index in [0.717, 1.165) is 30.7 Å². The zero-order valence-electron chi connectivity index (χ0n) is 18.4. The van der Waals surface area contributed by atoms with Gasteiger partial charge in [0, 0.05) is 36.0 Å². The van der Waals surface area contributed by atoms with Gasteiger partial charge in [-0.3, -0.25) is 4.90 Å². The van der Waals surface area contributed by atoms with Crippen LogP contribution in [0.4, 0.5) is 0 Å². The summed E-state index contributed by atoms with van der Waals surface area (Å²) in [6.07, 6.45) is 1.27. The molecule has 32 heavy (non-hydrogen) atoms. The SMILES string of the molecule is COc1ccc([C@H]2[C@@H](C#Cc3ccccc3)[C@@H]3C[C@H](O)C[C@H]2N3Cc2ccccc2)cc1. The maximum Gasteiger partial charge on any atom is 0.118 e. The van der Waals surface area contributed by atoms with Crippen LogP contribution in [0.1, 0.15) is 35.4 Å². The van der Waals surface area contributed by atoms with Crippen molar-refractivity contribution in [1.82, 2.24) is 4.90 Å². The molecule has 0 saturated carbocycles. The third-order valence-electron chi connectivity index (χ3n) is 6.96. The molecule has 5 atom stereocenters. The average Bonchev–Trinajstić information content (AvgIpc) is 3.01. The van der Waals surface area contributed by atoms with E-state index in [4.69, 9.17) is 4.74 Å². The minimum absolute atomic E-state index is 0.162. The van der Waals surface area contributed by atoms with E-state index in [2.05, 4.69) is 71.3 Å². The van der Waals surface area contributed by atoms with Crippen molar-refractivity contribution >= 4 is 0 Å². The molecule has 2 aliphatic heterocycles. The van der Waals surface area contributed by atoms with Crippen molar-refractivity contribution in [3.63, 3.8) is 0 Å². The predicted molar refractivity (Wildman–Crippen MR) is 127 cm³/mol. The van der Waals surface area contributed by atoms with Gasteiger partial charge in [-0.1, -0.05) is 72.5 Å². The van der Waals surface area contributed by atoms with E-state index in [0.29, 0.717) is 0 Å². The zero-order chi connectivity index (χ0) is 21.9. The Hall–Kier alpha value is -3.06. The molecule has 3 heteroatoms. The molecule has 0 spiro atoms. The van der Waals surface area contributed by atoms with Crippen molar-refractivity contribution in [2.75, 3.05) is 7.11 Å². The number of aliphatic hydroxyl groups is 1. The number of rotatable bonds is 4. The predicted octanol–water partition coefficient (Wildman–Crippen LogP) is 4.85. The monoisotopic (exact) mass is 423 g/mol. The normalized spacial score (nSPS) is 26.9. The Bertz CT molecular complexity index is 1080. The molecule has 2 saturated heterocycles. The Labute approximate surface area is 190 Å². The molecule has 3 aromatic rings. The van der Waals surface area contributed by atoms with Crippen LogP contribution in [-0.4, -0.2) is 35.3 Å². The van der Waals surface area contributed by atoms with Gasteiger partial charge in [-0.2, -0.15) is 0 Å². The highest BCUT2D eigenvalue weighted by Crippen LogP contribution is 2.49. The van der Waals surface area contributed by atoms with Crippen LogP contribution in [0, 0.1) is 17.8 Å². The molecule has 0 radical (unpaired) electrons. The highest BCUT2D eigenvalue weighted by molar-refractivity contribution is 5.39. The molecule has 2 aliphatic rings. The maximum absolute atomic E-state index is 10.7. The summed E-state index contributed by atoms with van der Waals surface area (Å²) in [5.74, 6) is 8.36. The molecule has 162 valence electrons. The summed E-state index contributed by atoms with van der Waals surface area (Å²) in [6.45, 7) is 0.888. The van der Waals surface area contributed by atoms with E-state index in [-0.39, 0.29) is 30.0 Å². The van der Waals surface area contributed by atoms with Crippen LogP contribution in [0.15, 0.2) is 84.9 Å². The van der Waals surface area contributed by atoms with Crippen LogP contribution in [0.3, 0.4) is 0 Å². The molecule has 5 rings (SSSR count). The van der Waals surface area contributed by atoms with Crippen molar-refractivity contribution in [3.05, 3.63) is 102 Å². The minimum Gasteiger partial charge on any atom is -0.497 e. The molecule has 2 fully saturated rings. The quantitative estimate of drug-likeness (QED) is 0.609. The van der Waals surface area contributed by atoms with Gasteiger partial charge in [0.25, 0.3) is 0 Å². The van der Waals surface area contributed by atoms with Gasteiger partial charge in [-0.05, 0) is 48.2 Å². The van der Waals surface area contributed by atoms with E-state index in [9.17, 15) is 5.11 Å². The lowest BCUT2D eigenvalue weighted by Crippen LogP contribution is -2.45. The van der Waals surface area contributed by atoms with Crippen LogP contribution < -0.4 is 4.74 Å². The number of benzene rings is 3. The number of piperidine rings is 1. The van der Waals surface area contributed by atoms with Crippen LogP contribution in [0.2, 0.25) is 0 Å². The molecule has 0 unspecified atom stereocenters. The number of fused-ring (bicyclic) bond motifs is 2. The van der Waals surface area contributed by atoms with Crippen molar-refractivity contribution in [3.8, 4) is 17.6 Å². The summed E-state index contributed by atoms with van der Waals surface area (Å²) in [6, 6.07) is 29.8. The summed E-state index contributed by atoms with van der Waals surface area (Å²) in [5.41, 5.74) is 3.62. The average molecular weight is 424 g/mol. The van der Waals surface area contributed by atoms with Gasteiger partial charge in [0.1, 0.15) is 5.75 Å². The molecule has 2 bridgehead atoms. The van der Waals surface area contributed by atoms with Gasteiger partial charge >= 0.3 is 0 Å². The largest absolute Gasteiger partial charge is 0.497 e. The molecule has 3 aromatic carbocycles. The Morgan fingerprint density at radius 1 is 0.875 bits per heavy atom. The standard InChI is InChI=1S/C29H29NO2/c1-32-25-15-13-23(14-16-25)29-26(17-12-21-8-4-2-5-9-21)27-18-24(31)19-28(29)30(27)20-22-10-6-3-7-11-22/h2-11,13-16,24,26-29,31H,18-20H2,1H3/t24-,26-,27-,28+,29-/m0/s1. The zero-order valence-corrected chi connectivity index (χ0v) is 18.4. The molecule has 0 amide bonds. The van der Waals surface area contributed by atoms with Gasteiger partial charge in [-0.25, -0.2) is 0 Å². The van der Waals surface area contributed by atoms with E-state index < -0.39 is 0 Å². The minimum atomic E-state index is -0.277. The highest BCUT2D eigenvalue weighted by atomic mass is 16.5. The number of aliphatic hydroxyl groups excluding tert-OH is 1.